The molecule has 2 aromatic rings. The number of rotatable bonds is 4. The molecular formula is C14H13ClN2O2S. The average molecular weight is 309 g/mol. The summed E-state index contributed by atoms with van der Waals surface area (Å²) in [6.45, 7) is 1.60. The molecule has 0 bridgehead atoms. The van der Waals surface area contributed by atoms with Crippen LogP contribution < -0.4 is 10.6 Å². The standard InChI is InChI=1S/C14H13ClN2O2S/c1-9(15)13(18)16-10-4-2-5-11(8-10)17-14(19)12-6-3-7-20-12/h2-9H,1H3,(H,16,18)(H,17,19). The smallest absolute Gasteiger partial charge is 0.265 e. The number of benzene rings is 1. The summed E-state index contributed by atoms with van der Waals surface area (Å²) >= 11 is 7.06. The lowest BCUT2D eigenvalue weighted by Gasteiger charge is -2.09. The number of halogens is 1. The van der Waals surface area contributed by atoms with Gasteiger partial charge < -0.3 is 10.6 Å². The van der Waals surface area contributed by atoms with E-state index < -0.39 is 5.38 Å². The lowest BCUT2D eigenvalue weighted by atomic mass is 10.2. The number of hydrogen-bond acceptors (Lipinski definition) is 3. The van der Waals surface area contributed by atoms with Gasteiger partial charge in [0, 0.05) is 11.4 Å². The van der Waals surface area contributed by atoms with Crippen molar-refractivity contribution in [2.75, 3.05) is 10.6 Å². The summed E-state index contributed by atoms with van der Waals surface area (Å²) in [5.41, 5.74) is 1.20. The van der Waals surface area contributed by atoms with Crippen molar-refractivity contribution in [1.29, 1.82) is 0 Å². The molecule has 0 aliphatic rings. The summed E-state index contributed by atoms with van der Waals surface area (Å²) in [5.74, 6) is -0.456. The molecule has 2 N–H and O–H groups in total. The van der Waals surface area contributed by atoms with Crippen LogP contribution in [-0.2, 0) is 4.79 Å². The minimum atomic E-state index is -0.612. The van der Waals surface area contributed by atoms with Gasteiger partial charge >= 0.3 is 0 Å². The van der Waals surface area contributed by atoms with Crippen molar-refractivity contribution in [1.82, 2.24) is 0 Å². The minimum absolute atomic E-state index is 0.172. The number of anilines is 2. The van der Waals surface area contributed by atoms with E-state index in [2.05, 4.69) is 10.6 Å². The highest BCUT2D eigenvalue weighted by Gasteiger charge is 2.10. The number of hydrogen-bond donors (Lipinski definition) is 2. The van der Waals surface area contributed by atoms with E-state index in [0.717, 1.165) is 0 Å². The van der Waals surface area contributed by atoms with Crippen molar-refractivity contribution in [2.45, 2.75) is 12.3 Å². The summed E-state index contributed by atoms with van der Waals surface area (Å²) in [6, 6.07) is 10.5. The summed E-state index contributed by atoms with van der Waals surface area (Å²) in [4.78, 5) is 24.0. The molecule has 1 aromatic heterocycles. The number of nitrogens with one attached hydrogen (secondary N) is 2. The van der Waals surface area contributed by atoms with Crippen LogP contribution in [0.25, 0.3) is 0 Å². The van der Waals surface area contributed by atoms with Crippen LogP contribution in [0.3, 0.4) is 0 Å². The summed E-state index contributed by atoms with van der Waals surface area (Å²) in [6.07, 6.45) is 0. The predicted octanol–water partition coefficient (Wildman–Crippen LogP) is 3.57. The fraction of sp³-hybridized carbons (Fsp3) is 0.143. The molecule has 1 unspecified atom stereocenters. The zero-order chi connectivity index (χ0) is 14.5. The fourth-order valence-electron chi connectivity index (χ4n) is 1.52. The second-order valence-corrected chi connectivity index (χ2v) is 5.72. The van der Waals surface area contributed by atoms with Crippen molar-refractivity contribution in [3.63, 3.8) is 0 Å². The third kappa shape index (κ3) is 3.82. The molecule has 0 saturated heterocycles. The molecule has 2 rings (SSSR count). The van der Waals surface area contributed by atoms with E-state index in [1.165, 1.54) is 11.3 Å². The van der Waals surface area contributed by atoms with E-state index >= 15 is 0 Å². The van der Waals surface area contributed by atoms with Gasteiger partial charge in [-0.2, -0.15) is 0 Å². The van der Waals surface area contributed by atoms with Crippen molar-refractivity contribution in [2.24, 2.45) is 0 Å². The first-order valence-corrected chi connectivity index (χ1v) is 7.28. The molecule has 1 heterocycles. The Bertz CT molecular complexity index is 611. The van der Waals surface area contributed by atoms with Gasteiger partial charge in [0.25, 0.3) is 5.91 Å². The van der Waals surface area contributed by atoms with Crippen molar-refractivity contribution >= 4 is 46.1 Å². The van der Waals surface area contributed by atoms with E-state index in [-0.39, 0.29) is 11.8 Å². The number of carbonyl (C=O) groups excluding carboxylic acids is 2. The second kappa shape index (κ2) is 6.54. The van der Waals surface area contributed by atoms with Crippen molar-refractivity contribution < 1.29 is 9.59 Å². The van der Waals surface area contributed by atoms with Gasteiger partial charge in [0.1, 0.15) is 5.38 Å². The molecule has 1 atom stereocenters. The lowest BCUT2D eigenvalue weighted by Crippen LogP contribution is -2.20. The van der Waals surface area contributed by atoms with Gasteiger partial charge in [-0.1, -0.05) is 12.1 Å². The van der Waals surface area contributed by atoms with E-state index in [1.807, 2.05) is 11.4 Å². The van der Waals surface area contributed by atoms with Gasteiger partial charge in [-0.15, -0.1) is 22.9 Å². The highest BCUT2D eigenvalue weighted by Crippen LogP contribution is 2.18. The Balaban J connectivity index is 2.06. The van der Waals surface area contributed by atoms with Crippen molar-refractivity contribution in [3.8, 4) is 0 Å². The lowest BCUT2D eigenvalue weighted by molar-refractivity contribution is -0.115. The Morgan fingerprint density at radius 1 is 1.15 bits per heavy atom. The first-order valence-electron chi connectivity index (χ1n) is 5.96. The summed E-state index contributed by atoms with van der Waals surface area (Å²) < 4.78 is 0. The number of thiophene rings is 1. The quantitative estimate of drug-likeness (QED) is 0.848. The Kier molecular flexibility index (Phi) is 4.76. The second-order valence-electron chi connectivity index (χ2n) is 4.12. The number of alkyl halides is 1. The highest BCUT2D eigenvalue weighted by atomic mass is 35.5. The van der Waals surface area contributed by atoms with Gasteiger partial charge in [-0.25, -0.2) is 0 Å². The van der Waals surface area contributed by atoms with Crippen LogP contribution >= 0.6 is 22.9 Å². The number of carbonyl (C=O) groups is 2. The molecule has 2 amide bonds. The predicted molar refractivity (Wildman–Crippen MR) is 82.7 cm³/mol. The molecule has 20 heavy (non-hydrogen) atoms. The maximum Gasteiger partial charge on any atom is 0.265 e. The van der Waals surface area contributed by atoms with Crippen LogP contribution in [0.1, 0.15) is 16.6 Å². The topological polar surface area (TPSA) is 58.2 Å². The Labute approximate surface area is 125 Å². The zero-order valence-electron chi connectivity index (χ0n) is 10.7. The van der Waals surface area contributed by atoms with E-state index in [1.54, 1.807) is 37.3 Å². The molecule has 104 valence electrons. The molecule has 0 radical (unpaired) electrons. The Morgan fingerprint density at radius 3 is 2.45 bits per heavy atom. The first-order chi connectivity index (χ1) is 9.56. The fourth-order valence-corrected chi connectivity index (χ4v) is 2.19. The van der Waals surface area contributed by atoms with E-state index in [9.17, 15) is 9.59 Å². The Morgan fingerprint density at radius 2 is 1.85 bits per heavy atom. The van der Waals surface area contributed by atoms with Crippen LogP contribution in [0.15, 0.2) is 41.8 Å². The van der Waals surface area contributed by atoms with Gasteiger partial charge in [0.2, 0.25) is 5.91 Å². The Hall–Kier alpha value is -1.85. The highest BCUT2D eigenvalue weighted by molar-refractivity contribution is 7.12. The molecule has 0 spiro atoms. The zero-order valence-corrected chi connectivity index (χ0v) is 12.3. The van der Waals surface area contributed by atoms with E-state index in [4.69, 9.17) is 11.6 Å². The first kappa shape index (κ1) is 14.6. The maximum atomic E-state index is 11.9. The monoisotopic (exact) mass is 308 g/mol. The van der Waals surface area contributed by atoms with Gasteiger partial charge in [0.05, 0.1) is 4.88 Å². The average Bonchev–Trinajstić information content (AvgIpc) is 2.92. The van der Waals surface area contributed by atoms with Crippen LogP contribution in [0.4, 0.5) is 11.4 Å². The minimum Gasteiger partial charge on any atom is -0.325 e. The molecule has 0 aliphatic carbocycles. The molecular weight excluding hydrogens is 296 g/mol. The van der Waals surface area contributed by atoms with Crippen LogP contribution in [0, 0.1) is 0 Å². The van der Waals surface area contributed by atoms with Gasteiger partial charge in [-0.3, -0.25) is 9.59 Å². The van der Waals surface area contributed by atoms with Crippen molar-refractivity contribution in [3.05, 3.63) is 46.7 Å². The molecule has 4 nitrogen and oxygen atoms in total. The molecule has 1 aromatic carbocycles. The van der Waals surface area contributed by atoms with Crippen LogP contribution in [-0.4, -0.2) is 17.2 Å². The molecule has 6 heteroatoms. The van der Waals surface area contributed by atoms with Gasteiger partial charge in [0.15, 0.2) is 0 Å². The van der Waals surface area contributed by atoms with E-state index in [0.29, 0.717) is 16.3 Å². The number of amides is 2. The van der Waals surface area contributed by atoms with Crippen LogP contribution in [0.2, 0.25) is 0 Å². The molecule has 0 saturated carbocycles. The van der Waals surface area contributed by atoms with Gasteiger partial charge in [-0.05, 0) is 36.6 Å². The van der Waals surface area contributed by atoms with Crippen LogP contribution in [0.5, 0.6) is 0 Å². The molecule has 0 aliphatic heterocycles. The third-order valence-electron chi connectivity index (χ3n) is 2.49. The third-order valence-corrected chi connectivity index (χ3v) is 3.56. The molecule has 0 fully saturated rings. The summed E-state index contributed by atoms with van der Waals surface area (Å²) in [7, 11) is 0. The maximum absolute atomic E-state index is 11.9. The normalized spacial score (nSPS) is 11.7. The largest absolute Gasteiger partial charge is 0.325 e. The summed E-state index contributed by atoms with van der Waals surface area (Å²) in [5, 5.41) is 6.67. The SMILES string of the molecule is CC(Cl)C(=O)Nc1cccc(NC(=O)c2cccs2)c1.